The molecule has 0 aromatic carbocycles. The van der Waals surface area contributed by atoms with Crippen LogP contribution in [0.25, 0.3) is 0 Å². The second kappa shape index (κ2) is 11.0. The molecule has 0 radical (unpaired) electrons. The van der Waals surface area contributed by atoms with Crippen molar-refractivity contribution in [1.29, 1.82) is 0 Å². The summed E-state index contributed by atoms with van der Waals surface area (Å²) in [6.07, 6.45) is 2.25. The minimum atomic E-state index is 0.218. The maximum atomic E-state index is 5.45. The predicted octanol–water partition coefficient (Wildman–Crippen LogP) is 1.83. The van der Waals surface area contributed by atoms with Crippen molar-refractivity contribution in [1.82, 2.24) is 5.32 Å². The highest BCUT2D eigenvalue weighted by Gasteiger charge is 2.06. The van der Waals surface area contributed by atoms with E-state index in [0.29, 0.717) is 26.4 Å². The molecule has 0 aliphatic heterocycles. The molecule has 0 heterocycles. The van der Waals surface area contributed by atoms with Crippen molar-refractivity contribution >= 4 is 0 Å². The maximum Gasteiger partial charge on any atom is 0.0701 e. The minimum Gasteiger partial charge on any atom is -0.382 e. The number of hydrogen-bond acceptors (Lipinski definition) is 4. The number of ether oxygens (including phenoxy) is 3. The molecule has 1 N–H and O–H groups in total. The molecule has 17 heavy (non-hydrogen) atoms. The fourth-order valence-electron chi connectivity index (χ4n) is 1.26. The van der Waals surface area contributed by atoms with Crippen LogP contribution < -0.4 is 5.32 Å². The van der Waals surface area contributed by atoms with Crippen molar-refractivity contribution in [3.63, 3.8) is 0 Å². The van der Waals surface area contributed by atoms with Crippen LogP contribution in [-0.2, 0) is 14.2 Å². The maximum absolute atomic E-state index is 5.45. The van der Waals surface area contributed by atoms with E-state index in [4.69, 9.17) is 14.2 Å². The summed E-state index contributed by atoms with van der Waals surface area (Å²) in [6.45, 7) is 11.0. The second-order valence-electron chi connectivity index (χ2n) is 5.10. The molecule has 104 valence electrons. The first-order valence-electron chi connectivity index (χ1n) is 6.46. The fraction of sp³-hybridized carbons (Fsp3) is 1.00. The molecule has 0 aliphatic carbocycles. The molecule has 0 spiro atoms. The van der Waals surface area contributed by atoms with Gasteiger partial charge in [-0.1, -0.05) is 0 Å². The minimum absolute atomic E-state index is 0.218. The molecular formula is C13H29NO3. The topological polar surface area (TPSA) is 39.7 Å². The van der Waals surface area contributed by atoms with E-state index in [2.05, 4.69) is 26.1 Å². The van der Waals surface area contributed by atoms with Crippen LogP contribution in [0, 0.1) is 0 Å². The van der Waals surface area contributed by atoms with Crippen LogP contribution in [0.5, 0.6) is 0 Å². The molecule has 0 atom stereocenters. The van der Waals surface area contributed by atoms with Crippen molar-refractivity contribution < 1.29 is 14.2 Å². The first-order valence-corrected chi connectivity index (χ1v) is 6.46. The molecule has 0 saturated carbocycles. The van der Waals surface area contributed by atoms with Crippen molar-refractivity contribution in [3.8, 4) is 0 Å². The van der Waals surface area contributed by atoms with Crippen LogP contribution in [0.1, 0.15) is 33.6 Å². The van der Waals surface area contributed by atoms with Gasteiger partial charge in [-0.25, -0.2) is 0 Å². The summed E-state index contributed by atoms with van der Waals surface area (Å²) in [6, 6.07) is 0. The molecule has 0 unspecified atom stereocenters. The summed E-state index contributed by atoms with van der Waals surface area (Å²) in [7, 11) is 1.67. The van der Waals surface area contributed by atoms with E-state index in [9.17, 15) is 0 Å². The Bertz CT molecular complexity index is 157. The highest BCUT2D eigenvalue weighted by atomic mass is 16.5. The Hall–Kier alpha value is -0.160. The average molecular weight is 247 g/mol. The molecule has 0 aromatic heterocycles. The Kier molecular flexibility index (Phi) is 10.9. The molecular weight excluding hydrogens is 218 g/mol. The third-order valence-electron chi connectivity index (χ3n) is 2.17. The third kappa shape index (κ3) is 15.8. The van der Waals surface area contributed by atoms with E-state index < -0.39 is 0 Å². The van der Waals surface area contributed by atoms with E-state index in [0.717, 1.165) is 26.0 Å². The third-order valence-corrected chi connectivity index (χ3v) is 2.17. The van der Waals surface area contributed by atoms with E-state index >= 15 is 0 Å². The predicted molar refractivity (Wildman–Crippen MR) is 70.5 cm³/mol. The van der Waals surface area contributed by atoms with Crippen LogP contribution >= 0.6 is 0 Å². The molecule has 0 aliphatic rings. The quantitative estimate of drug-likeness (QED) is 0.566. The number of unbranched alkanes of at least 4 members (excludes halogenated alkanes) is 1. The highest BCUT2D eigenvalue weighted by Crippen LogP contribution is 1.99. The van der Waals surface area contributed by atoms with Gasteiger partial charge in [0, 0.05) is 19.3 Å². The number of nitrogens with one attached hydrogen (secondary N) is 1. The van der Waals surface area contributed by atoms with Crippen LogP contribution in [0.4, 0.5) is 0 Å². The normalized spacial score (nSPS) is 12.0. The van der Waals surface area contributed by atoms with E-state index in [1.54, 1.807) is 7.11 Å². The smallest absolute Gasteiger partial charge is 0.0701 e. The van der Waals surface area contributed by atoms with Gasteiger partial charge in [-0.3, -0.25) is 0 Å². The van der Waals surface area contributed by atoms with Crippen LogP contribution in [0.3, 0.4) is 0 Å². The molecule has 0 bridgehead atoms. The zero-order valence-corrected chi connectivity index (χ0v) is 11.9. The van der Waals surface area contributed by atoms with Gasteiger partial charge >= 0.3 is 0 Å². The van der Waals surface area contributed by atoms with Gasteiger partial charge in [-0.05, 0) is 40.2 Å². The summed E-state index contributed by atoms with van der Waals surface area (Å²) in [5.74, 6) is 0. The molecule has 0 amide bonds. The number of methoxy groups -OCH3 is 1. The van der Waals surface area contributed by atoms with Gasteiger partial charge in [0.15, 0.2) is 0 Å². The molecule has 0 aromatic rings. The van der Waals surface area contributed by atoms with Gasteiger partial charge in [-0.15, -0.1) is 0 Å². The lowest BCUT2D eigenvalue weighted by atomic mass is 10.1. The summed E-state index contributed by atoms with van der Waals surface area (Å²) < 4.78 is 15.6. The van der Waals surface area contributed by atoms with Gasteiger partial charge in [0.05, 0.1) is 26.4 Å². The lowest BCUT2D eigenvalue weighted by molar-refractivity contribution is 0.0240. The monoisotopic (exact) mass is 247 g/mol. The Morgan fingerprint density at radius 2 is 1.41 bits per heavy atom. The zero-order chi connectivity index (χ0) is 13.0. The van der Waals surface area contributed by atoms with Crippen LogP contribution in [0.15, 0.2) is 0 Å². The van der Waals surface area contributed by atoms with Crippen molar-refractivity contribution in [3.05, 3.63) is 0 Å². The van der Waals surface area contributed by atoms with Crippen molar-refractivity contribution in [2.45, 2.75) is 39.2 Å². The SMILES string of the molecule is COCCOCCOCCCCNC(C)(C)C. The molecule has 4 nitrogen and oxygen atoms in total. The summed E-state index contributed by atoms with van der Waals surface area (Å²) >= 11 is 0. The van der Waals surface area contributed by atoms with Crippen LogP contribution in [0.2, 0.25) is 0 Å². The van der Waals surface area contributed by atoms with E-state index in [-0.39, 0.29) is 5.54 Å². The van der Waals surface area contributed by atoms with Gasteiger partial charge in [0.25, 0.3) is 0 Å². The Morgan fingerprint density at radius 3 is 2.00 bits per heavy atom. The largest absolute Gasteiger partial charge is 0.382 e. The Morgan fingerprint density at radius 1 is 0.824 bits per heavy atom. The lowest BCUT2D eigenvalue weighted by Crippen LogP contribution is -2.36. The fourth-order valence-corrected chi connectivity index (χ4v) is 1.26. The Balaban J connectivity index is 2.99. The molecule has 0 fully saturated rings. The Labute approximate surface area is 106 Å². The zero-order valence-electron chi connectivity index (χ0n) is 11.9. The first kappa shape index (κ1) is 16.8. The summed E-state index contributed by atoms with van der Waals surface area (Å²) in [4.78, 5) is 0. The summed E-state index contributed by atoms with van der Waals surface area (Å²) in [5.41, 5.74) is 0.218. The highest BCUT2D eigenvalue weighted by molar-refractivity contribution is 4.69. The number of hydrogen-bond donors (Lipinski definition) is 1. The average Bonchev–Trinajstić information content (AvgIpc) is 2.24. The van der Waals surface area contributed by atoms with Gasteiger partial charge in [0.1, 0.15) is 0 Å². The van der Waals surface area contributed by atoms with Gasteiger partial charge in [-0.2, -0.15) is 0 Å². The van der Waals surface area contributed by atoms with E-state index in [1.165, 1.54) is 0 Å². The van der Waals surface area contributed by atoms with Gasteiger partial charge in [0.2, 0.25) is 0 Å². The number of rotatable bonds is 11. The molecule has 0 saturated heterocycles. The van der Waals surface area contributed by atoms with E-state index in [1.807, 2.05) is 0 Å². The molecule has 4 heteroatoms. The second-order valence-corrected chi connectivity index (χ2v) is 5.10. The van der Waals surface area contributed by atoms with Crippen molar-refractivity contribution in [2.75, 3.05) is 46.7 Å². The lowest BCUT2D eigenvalue weighted by Gasteiger charge is -2.20. The summed E-state index contributed by atoms with van der Waals surface area (Å²) in [5, 5.41) is 3.45. The molecule has 0 rings (SSSR count). The van der Waals surface area contributed by atoms with Gasteiger partial charge < -0.3 is 19.5 Å². The van der Waals surface area contributed by atoms with Crippen LogP contribution in [-0.4, -0.2) is 52.2 Å². The first-order chi connectivity index (χ1) is 8.06. The standard InChI is InChI=1S/C13H29NO3/c1-13(2,3)14-7-5-6-8-16-11-12-17-10-9-15-4/h14H,5-12H2,1-4H3. The van der Waals surface area contributed by atoms with Crippen molar-refractivity contribution in [2.24, 2.45) is 0 Å².